The van der Waals surface area contributed by atoms with Gasteiger partial charge in [-0.15, -0.1) is 0 Å². The highest BCUT2D eigenvalue weighted by Crippen LogP contribution is 2.39. The van der Waals surface area contributed by atoms with E-state index < -0.39 is 36.1 Å². The molecule has 2 fully saturated rings. The van der Waals surface area contributed by atoms with Crippen molar-refractivity contribution in [3.8, 4) is 0 Å². The maximum absolute atomic E-state index is 14.7. The van der Waals surface area contributed by atoms with Crippen molar-refractivity contribution in [3.05, 3.63) is 106 Å². The molecule has 0 spiro atoms. The topological polar surface area (TPSA) is 188 Å². The molecule has 6 N–H and O–H groups in total. The molecule has 3 aromatic rings. The van der Waals surface area contributed by atoms with Gasteiger partial charge < -0.3 is 45.2 Å². The standard InChI is InChI=1S/C45H62N2O6.C7H14O4/c1-8-45(24-14-15-25-45)47(26-28-48)41(50)39-19-13-12-16-35(39)22-23-38(49)31-36-21-20-33(4)30-40(36)42(51)46(27-29-53-43(52)34(5)32(2)3)44(6,7)37-17-10-9-11-18-37;1-3-2-4(8)6(10)7(11)5(3)9/h9-13,16-21,30,32,34,38,48-49H,8,14-15,22-29,31H2,1-7H3;3-11H,2H2,1H3/t34-,38?;3?,4-,5-,6?,7?/m01/s1. The van der Waals surface area contributed by atoms with Crippen LogP contribution in [0.1, 0.15) is 136 Å². The van der Waals surface area contributed by atoms with E-state index in [1.807, 2.05) is 119 Å². The molecule has 354 valence electrons. The number of aliphatic hydroxyl groups is 6. The minimum absolute atomic E-state index is 0.0644. The molecule has 0 saturated heterocycles. The number of ether oxygens (including phenoxy) is 1. The Labute approximate surface area is 381 Å². The van der Waals surface area contributed by atoms with E-state index in [0.29, 0.717) is 36.9 Å². The van der Waals surface area contributed by atoms with Crippen LogP contribution in [0.2, 0.25) is 0 Å². The van der Waals surface area contributed by atoms with Gasteiger partial charge in [-0.25, -0.2) is 0 Å². The summed E-state index contributed by atoms with van der Waals surface area (Å²) in [6, 6.07) is 23.2. The number of esters is 1. The van der Waals surface area contributed by atoms with Crippen molar-refractivity contribution in [2.45, 2.75) is 155 Å². The first-order valence-corrected chi connectivity index (χ1v) is 23.3. The van der Waals surface area contributed by atoms with Crippen molar-refractivity contribution in [2.75, 3.05) is 26.3 Å². The second-order valence-corrected chi connectivity index (χ2v) is 19.0. The molecule has 3 aromatic carbocycles. The zero-order valence-electron chi connectivity index (χ0n) is 39.5. The Morgan fingerprint density at radius 1 is 0.828 bits per heavy atom. The fourth-order valence-electron chi connectivity index (χ4n) is 9.19. The number of aryl methyl sites for hydroxylation is 2. The molecule has 2 aliphatic carbocycles. The summed E-state index contributed by atoms with van der Waals surface area (Å²) >= 11 is 0. The molecule has 0 aliphatic heterocycles. The summed E-state index contributed by atoms with van der Waals surface area (Å²) in [6.45, 7) is 16.1. The Bertz CT molecular complexity index is 1930. The average Bonchev–Trinajstić information content (AvgIpc) is 3.78. The molecule has 0 heterocycles. The Morgan fingerprint density at radius 2 is 1.47 bits per heavy atom. The number of hydrogen-bond donors (Lipinski definition) is 6. The van der Waals surface area contributed by atoms with Crippen LogP contribution in [0.15, 0.2) is 72.8 Å². The molecule has 2 saturated carbocycles. The van der Waals surface area contributed by atoms with Gasteiger partial charge in [-0.1, -0.05) is 114 Å². The molecule has 4 unspecified atom stereocenters. The largest absolute Gasteiger partial charge is 0.464 e. The van der Waals surface area contributed by atoms with Gasteiger partial charge in [0.15, 0.2) is 0 Å². The zero-order valence-corrected chi connectivity index (χ0v) is 39.5. The molecule has 5 rings (SSSR count). The van der Waals surface area contributed by atoms with Crippen LogP contribution in [-0.4, -0.2) is 121 Å². The van der Waals surface area contributed by atoms with E-state index in [-0.39, 0.29) is 67.3 Å². The lowest BCUT2D eigenvalue weighted by atomic mass is 9.82. The molecule has 0 radical (unpaired) electrons. The van der Waals surface area contributed by atoms with E-state index in [4.69, 9.17) is 20.1 Å². The SMILES string of the molecule is CC1C[C@@H](O)C(O)C(O)[C@@H]1O.CCC1(N(CCO)C(=O)c2ccccc2CCC(O)Cc2ccc(C)cc2C(=O)N(CCOC(=O)[C@@H](C)C(C)C)C(C)(C)c2ccccc2)CCCC1. The van der Waals surface area contributed by atoms with Crippen LogP contribution in [0.5, 0.6) is 0 Å². The average molecular weight is 889 g/mol. The number of carbonyl (C=O) groups is 3. The van der Waals surface area contributed by atoms with E-state index >= 15 is 0 Å². The first-order valence-electron chi connectivity index (χ1n) is 23.3. The molecular weight excluding hydrogens is 813 g/mol. The zero-order chi connectivity index (χ0) is 47.4. The normalized spacial score (nSPS) is 21.6. The van der Waals surface area contributed by atoms with Gasteiger partial charge in [0.05, 0.1) is 42.9 Å². The maximum Gasteiger partial charge on any atom is 0.308 e. The van der Waals surface area contributed by atoms with Gasteiger partial charge in [0.2, 0.25) is 0 Å². The number of hydrogen-bond acceptors (Lipinski definition) is 10. The Kier molecular flexibility index (Phi) is 19.5. The molecule has 2 aliphatic rings. The molecule has 7 atom stereocenters. The van der Waals surface area contributed by atoms with Crippen LogP contribution < -0.4 is 0 Å². The second-order valence-electron chi connectivity index (χ2n) is 19.0. The van der Waals surface area contributed by atoms with Gasteiger partial charge in [-0.2, -0.15) is 0 Å². The van der Waals surface area contributed by atoms with Crippen LogP contribution >= 0.6 is 0 Å². The Hall–Kier alpha value is -4.17. The molecule has 0 aromatic heterocycles. The van der Waals surface area contributed by atoms with Gasteiger partial charge in [0.25, 0.3) is 11.8 Å². The van der Waals surface area contributed by atoms with Gasteiger partial charge >= 0.3 is 5.97 Å². The molecule has 2 amide bonds. The molecule has 12 nitrogen and oxygen atoms in total. The highest BCUT2D eigenvalue weighted by Gasteiger charge is 2.42. The van der Waals surface area contributed by atoms with Crippen molar-refractivity contribution < 1.29 is 49.8 Å². The third kappa shape index (κ3) is 13.0. The van der Waals surface area contributed by atoms with Gasteiger partial charge in [-0.05, 0) is 106 Å². The van der Waals surface area contributed by atoms with Crippen LogP contribution in [0.25, 0.3) is 0 Å². The summed E-state index contributed by atoms with van der Waals surface area (Å²) in [5.74, 6) is -0.821. The lowest BCUT2D eigenvalue weighted by Gasteiger charge is -2.41. The van der Waals surface area contributed by atoms with Crippen LogP contribution in [0, 0.1) is 24.7 Å². The molecule has 0 bridgehead atoms. The maximum atomic E-state index is 14.7. The molecular formula is C52H76N2O10. The van der Waals surface area contributed by atoms with E-state index in [0.717, 1.165) is 54.4 Å². The number of rotatable bonds is 18. The van der Waals surface area contributed by atoms with Crippen molar-refractivity contribution in [3.63, 3.8) is 0 Å². The van der Waals surface area contributed by atoms with E-state index in [9.17, 15) is 29.7 Å². The van der Waals surface area contributed by atoms with Gasteiger partial charge in [-0.3, -0.25) is 14.4 Å². The highest BCUT2D eigenvalue weighted by molar-refractivity contribution is 5.97. The fourth-order valence-corrected chi connectivity index (χ4v) is 9.19. The van der Waals surface area contributed by atoms with Crippen molar-refractivity contribution >= 4 is 17.8 Å². The number of amides is 2. The van der Waals surface area contributed by atoms with Crippen molar-refractivity contribution in [1.29, 1.82) is 0 Å². The summed E-state index contributed by atoms with van der Waals surface area (Å²) in [7, 11) is 0. The van der Waals surface area contributed by atoms with E-state index in [1.54, 1.807) is 11.8 Å². The predicted octanol–water partition coefficient (Wildman–Crippen LogP) is 6.37. The minimum atomic E-state index is -1.21. The van der Waals surface area contributed by atoms with Crippen molar-refractivity contribution in [2.24, 2.45) is 17.8 Å². The summed E-state index contributed by atoms with van der Waals surface area (Å²) < 4.78 is 5.69. The third-order valence-corrected chi connectivity index (χ3v) is 13.9. The smallest absolute Gasteiger partial charge is 0.308 e. The fraction of sp³-hybridized carbons (Fsp3) is 0.596. The monoisotopic (exact) mass is 889 g/mol. The molecule has 12 heteroatoms. The number of nitrogens with zero attached hydrogens (tertiary/aromatic N) is 2. The molecule has 64 heavy (non-hydrogen) atoms. The van der Waals surface area contributed by atoms with Gasteiger partial charge in [0.1, 0.15) is 18.8 Å². The second kappa shape index (κ2) is 23.8. The van der Waals surface area contributed by atoms with Crippen LogP contribution in [-0.2, 0) is 27.9 Å². The Morgan fingerprint density at radius 3 is 2.09 bits per heavy atom. The minimum Gasteiger partial charge on any atom is -0.464 e. The van der Waals surface area contributed by atoms with Crippen LogP contribution in [0.3, 0.4) is 0 Å². The van der Waals surface area contributed by atoms with Crippen molar-refractivity contribution in [1.82, 2.24) is 9.80 Å². The highest BCUT2D eigenvalue weighted by atomic mass is 16.5. The quantitative estimate of drug-likeness (QED) is 0.0784. The lowest BCUT2D eigenvalue weighted by Crippen LogP contribution is -2.52. The number of aliphatic hydroxyl groups excluding tert-OH is 6. The summed E-state index contributed by atoms with van der Waals surface area (Å²) in [5.41, 5.74) is 3.62. The summed E-state index contributed by atoms with van der Waals surface area (Å²) in [4.78, 5) is 45.2. The third-order valence-electron chi connectivity index (χ3n) is 13.9. The first-order chi connectivity index (χ1) is 30.3. The number of β-amino-alcohol motifs (C(OH)–C–C–N with tert-alkyl or cyclic N) is 1. The van der Waals surface area contributed by atoms with Gasteiger partial charge in [0, 0.05) is 23.2 Å². The van der Waals surface area contributed by atoms with E-state index in [1.165, 1.54) is 0 Å². The predicted molar refractivity (Wildman–Crippen MR) is 249 cm³/mol. The van der Waals surface area contributed by atoms with E-state index in [2.05, 4.69) is 6.92 Å². The number of carbonyl (C=O) groups excluding carboxylic acids is 3. The lowest BCUT2D eigenvalue weighted by molar-refractivity contribution is -0.154. The first kappa shape index (κ1) is 52.5. The summed E-state index contributed by atoms with van der Waals surface area (Å²) in [5, 5.41) is 57.9. The summed E-state index contributed by atoms with van der Waals surface area (Å²) in [6.07, 6.45) is 1.32. The number of benzene rings is 3. The van der Waals surface area contributed by atoms with Crippen LogP contribution in [0.4, 0.5) is 0 Å². The Balaban J connectivity index is 0.000000710.